The molecule has 2 heterocycles. The highest BCUT2D eigenvalue weighted by atomic mass is 32.1. The van der Waals surface area contributed by atoms with Gasteiger partial charge in [0.05, 0.1) is 18.0 Å². The highest BCUT2D eigenvalue weighted by Gasteiger charge is 2.28. The minimum Gasteiger partial charge on any atom is -0.481 e. The Labute approximate surface area is 151 Å². The molecule has 0 unspecified atom stereocenters. The topological polar surface area (TPSA) is 70.5 Å². The number of nitrogens with zero attached hydrogens (tertiary/aromatic N) is 2. The summed E-state index contributed by atoms with van der Waals surface area (Å²) in [5.41, 5.74) is 3.10. The SMILES string of the molecule is CCc1ccc(-c2nc(CC(=O)N3CCC[C@H](C(=O)O)C3)cs2)cc1. The lowest BCUT2D eigenvalue weighted by Crippen LogP contribution is -2.43. The number of hydrogen-bond acceptors (Lipinski definition) is 4. The van der Waals surface area contributed by atoms with Crippen molar-refractivity contribution in [2.75, 3.05) is 13.1 Å². The molecule has 1 atom stereocenters. The van der Waals surface area contributed by atoms with Crippen LogP contribution in [-0.4, -0.2) is 40.0 Å². The van der Waals surface area contributed by atoms with Crippen LogP contribution in [0.5, 0.6) is 0 Å². The molecule has 5 nitrogen and oxygen atoms in total. The van der Waals surface area contributed by atoms with E-state index in [1.807, 2.05) is 5.38 Å². The van der Waals surface area contributed by atoms with Gasteiger partial charge in [-0.05, 0) is 24.8 Å². The van der Waals surface area contributed by atoms with Gasteiger partial charge in [-0.3, -0.25) is 9.59 Å². The lowest BCUT2D eigenvalue weighted by molar-refractivity contribution is -0.145. The van der Waals surface area contributed by atoms with Crippen molar-refractivity contribution in [1.82, 2.24) is 9.88 Å². The van der Waals surface area contributed by atoms with Crippen LogP contribution in [0.25, 0.3) is 10.6 Å². The van der Waals surface area contributed by atoms with Crippen molar-refractivity contribution < 1.29 is 14.7 Å². The number of aliphatic carboxylic acids is 1. The summed E-state index contributed by atoms with van der Waals surface area (Å²) in [5, 5.41) is 12.0. The minimum absolute atomic E-state index is 0.0378. The van der Waals surface area contributed by atoms with E-state index in [9.17, 15) is 9.59 Å². The molecule has 1 aliphatic rings. The first-order chi connectivity index (χ1) is 12.1. The van der Waals surface area contributed by atoms with E-state index in [-0.39, 0.29) is 12.3 Å². The molecule has 1 amide bonds. The Kier molecular flexibility index (Phi) is 5.48. The number of benzene rings is 1. The maximum Gasteiger partial charge on any atom is 0.308 e. The fraction of sp³-hybridized carbons (Fsp3) is 0.421. The number of likely N-dealkylation sites (tertiary alicyclic amines) is 1. The first kappa shape index (κ1) is 17.6. The monoisotopic (exact) mass is 358 g/mol. The molecule has 1 aromatic heterocycles. The van der Waals surface area contributed by atoms with E-state index in [0.717, 1.165) is 29.1 Å². The summed E-state index contributed by atoms with van der Waals surface area (Å²) in [7, 11) is 0. The lowest BCUT2D eigenvalue weighted by Gasteiger charge is -2.30. The summed E-state index contributed by atoms with van der Waals surface area (Å²) in [5.74, 6) is -1.30. The van der Waals surface area contributed by atoms with Crippen molar-refractivity contribution in [2.45, 2.75) is 32.6 Å². The van der Waals surface area contributed by atoms with Crippen molar-refractivity contribution in [3.05, 3.63) is 40.9 Å². The maximum absolute atomic E-state index is 12.5. The summed E-state index contributed by atoms with van der Waals surface area (Å²) in [6, 6.07) is 8.32. The summed E-state index contributed by atoms with van der Waals surface area (Å²) in [6.07, 6.45) is 2.63. The summed E-state index contributed by atoms with van der Waals surface area (Å²) in [4.78, 5) is 29.8. The van der Waals surface area contributed by atoms with E-state index in [1.54, 1.807) is 4.90 Å². The molecule has 25 heavy (non-hydrogen) atoms. The van der Waals surface area contributed by atoms with Crippen LogP contribution in [0.15, 0.2) is 29.6 Å². The molecule has 1 aromatic carbocycles. The number of aromatic nitrogens is 1. The van der Waals surface area contributed by atoms with Gasteiger partial charge in [0.15, 0.2) is 0 Å². The zero-order valence-corrected chi connectivity index (χ0v) is 15.1. The van der Waals surface area contributed by atoms with E-state index in [2.05, 4.69) is 36.2 Å². The number of rotatable bonds is 5. The lowest BCUT2D eigenvalue weighted by atomic mass is 9.98. The van der Waals surface area contributed by atoms with E-state index in [4.69, 9.17) is 5.11 Å². The number of thiazole rings is 1. The number of aryl methyl sites for hydroxylation is 1. The van der Waals surface area contributed by atoms with Gasteiger partial charge < -0.3 is 10.0 Å². The fourth-order valence-corrected chi connectivity index (χ4v) is 3.90. The van der Waals surface area contributed by atoms with E-state index in [1.165, 1.54) is 16.9 Å². The van der Waals surface area contributed by atoms with Crippen molar-refractivity contribution in [2.24, 2.45) is 5.92 Å². The Hall–Kier alpha value is -2.21. The smallest absolute Gasteiger partial charge is 0.308 e. The molecule has 1 saturated heterocycles. The van der Waals surface area contributed by atoms with Crippen molar-refractivity contribution in [3.8, 4) is 10.6 Å². The van der Waals surface area contributed by atoms with Crippen LogP contribution in [0.2, 0.25) is 0 Å². The average molecular weight is 358 g/mol. The Morgan fingerprint density at radius 1 is 1.32 bits per heavy atom. The highest BCUT2D eigenvalue weighted by Crippen LogP contribution is 2.25. The fourth-order valence-electron chi connectivity index (χ4n) is 3.08. The standard InChI is InChI=1S/C19H22N2O3S/c1-2-13-5-7-14(8-6-13)18-20-16(12-25-18)10-17(22)21-9-3-4-15(11-21)19(23)24/h5-8,12,15H,2-4,9-11H2,1H3,(H,23,24)/t15-/m0/s1. The third-order valence-electron chi connectivity index (χ3n) is 4.62. The normalized spacial score (nSPS) is 17.5. The molecule has 0 bridgehead atoms. The second-order valence-electron chi connectivity index (χ2n) is 6.39. The Balaban J connectivity index is 1.64. The van der Waals surface area contributed by atoms with Gasteiger partial charge in [-0.15, -0.1) is 11.3 Å². The number of carbonyl (C=O) groups is 2. The molecule has 0 radical (unpaired) electrons. The van der Waals surface area contributed by atoms with E-state index >= 15 is 0 Å². The zero-order chi connectivity index (χ0) is 17.8. The predicted molar refractivity (Wildman–Crippen MR) is 97.6 cm³/mol. The first-order valence-electron chi connectivity index (χ1n) is 8.61. The Morgan fingerprint density at radius 3 is 2.76 bits per heavy atom. The highest BCUT2D eigenvalue weighted by molar-refractivity contribution is 7.13. The second-order valence-corrected chi connectivity index (χ2v) is 7.25. The van der Waals surface area contributed by atoms with Crippen LogP contribution >= 0.6 is 11.3 Å². The van der Waals surface area contributed by atoms with Crippen molar-refractivity contribution >= 4 is 23.2 Å². The van der Waals surface area contributed by atoms with Gasteiger partial charge in [0, 0.05) is 24.0 Å². The summed E-state index contributed by atoms with van der Waals surface area (Å²) in [6.45, 7) is 3.07. The first-order valence-corrected chi connectivity index (χ1v) is 9.49. The summed E-state index contributed by atoms with van der Waals surface area (Å²) < 4.78 is 0. The molecule has 6 heteroatoms. The van der Waals surface area contributed by atoms with Gasteiger partial charge in [-0.2, -0.15) is 0 Å². The number of piperidine rings is 1. The second kappa shape index (κ2) is 7.78. The molecule has 0 spiro atoms. The predicted octanol–water partition coefficient (Wildman–Crippen LogP) is 3.24. The van der Waals surface area contributed by atoms with Crippen LogP contribution in [0.4, 0.5) is 0 Å². The van der Waals surface area contributed by atoms with Crippen molar-refractivity contribution in [3.63, 3.8) is 0 Å². The van der Waals surface area contributed by atoms with Gasteiger partial charge >= 0.3 is 5.97 Å². The molecule has 132 valence electrons. The molecule has 1 N–H and O–H groups in total. The Morgan fingerprint density at radius 2 is 2.08 bits per heavy atom. The molecule has 0 saturated carbocycles. The van der Waals surface area contributed by atoms with Gasteiger partial charge in [0.2, 0.25) is 5.91 Å². The third kappa shape index (κ3) is 4.25. The number of carbonyl (C=O) groups excluding carboxylic acids is 1. The Bertz CT molecular complexity index is 754. The molecular weight excluding hydrogens is 336 g/mol. The zero-order valence-electron chi connectivity index (χ0n) is 14.3. The minimum atomic E-state index is -0.816. The molecule has 1 aliphatic heterocycles. The quantitative estimate of drug-likeness (QED) is 0.891. The van der Waals surface area contributed by atoms with E-state index in [0.29, 0.717) is 19.5 Å². The molecular formula is C19H22N2O3S. The van der Waals surface area contributed by atoms with Gasteiger partial charge in [0.25, 0.3) is 0 Å². The van der Waals surface area contributed by atoms with E-state index < -0.39 is 11.9 Å². The third-order valence-corrected chi connectivity index (χ3v) is 5.56. The average Bonchev–Trinajstić information content (AvgIpc) is 3.10. The molecule has 0 aliphatic carbocycles. The number of amides is 1. The molecule has 3 rings (SSSR count). The van der Waals surface area contributed by atoms with Gasteiger partial charge in [0.1, 0.15) is 5.01 Å². The van der Waals surface area contributed by atoms with Crippen LogP contribution in [0, 0.1) is 5.92 Å². The molecule has 1 fully saturated rings. The largest absolute Gasteiger partial charge is 0.481 e. The number of carboxylic acids is 1. The maximum atomic E-state index is 12.5. The van der Waals surface area contributed by atoms with Crippen LogP contribution in [0.1, 0.15) is 31.0 Å². The summed E-state index contributed by atoms with van der Waals surface area (Å²) >= 11 is 1.53. The van der Waals surface area contributed by atoms with Crippen LogP contribution in [0.3, 0.4) is 0 Å². The van der Waals surface area contributed by atoms with Gasteiger partial charge in [-0.1, -0.05) is 31.2 Å². The number of carboxylic acid groups (broad SMARTS) is 1. The van der Waals surface area contributed by atoms with Crippen LogP contribution < -0.4 is 0 Å². The van der Waals surface area contributed by atoms with Crippen LogP contribution in [-0.2, 0) is 22.4 Å². The van der Waals surface area contributed by atoms with Crippen molar-refractivity contribution in [1.29, 1.82) is 0 Å². The molecule has 2 aromatic rings. The number of hydrogen-bond donors (Lipinski definition) is 1. The van der Waals surface area contributed by atoms with Gasteiger partial charge in [-0.25, -0.2) is 4.98 Å².